The minimum absolute atomic E-state index is 0.170. The van der Waals surface area contributed by atoms with Crippen LogP contribution >= 0.6 is 0 Å². The number of methoxy groups -OCH3 is 1. The minimum Gasteiger partial charge on any atom is -0.497 e. The maximum Gasteiger partial charge on any atom is 0.119 e. The van der Waals surface area contributed by atoms with Crippen molar-refractivity contribution in [1.82, 2.24) is 5.32 Å². The molecule has 0 aromatic heterocycles. The fraction of sp³-hybridized carbons (Fsp3) is 0.538. The smallest absolute Gasteiger partial charge is 0.119 e. The topological polar surface area (TPSA) is 38.3 Å². The summed E-state index contributed by atoms with van der Waals surface area (Å²) in [5.41, 5.74) is 1.16. The summed E-state index contributed by atoms with van der Waals surface area (Å²) in [7, 11) is 0.946. The van der Waals surface area contributed by atoms with Crippen LogP contribution in [0.5, 0.6) is 5.75 Å². The van der Waals surface area contributed by atoms with Gasteiger partial charge in [0, 0.05) is 34.4 Å². The second-order valence-corrected chi connectivity index (χ2v) is 6.12. The van der Waals surface area contributed by atoms with E-state index in [4.69, 9.17) is 4.74 Å². The van der Waals surface area contributed by atoms with E-state index in [0.29, 0.717) is 11.8 Å². The van der Waals surface area contributed by atoms with E-state index in [1.165, 1.54) is 0 Å². The van der Waals surface area contributed by atoms with E-state index in [9.17, 15) is 4.21 Å². The Bertz CT molecular complexity index is 408. The second kappa shape index (κ2) is 5.65. The fourth-order valence-corrected chi connectivity index (χ4v) is 3.55. The molecule has 94 valence electrons. The molecular formula is C13H19NO2S. The van der Waals surface area contributed by atoms with Gasteiger partial charge < -0.3 is 10.1 Å². The maximum atomic E-state index is 11.8. The van der Waals surface area contributed by atoms with Crippen molar-refractivity contribution in [2.75, 3.05) is 18.6 Å². The third-order valence-corrected chi connectivity index (χ3v) is 4.51. The van der Waals surface area contributed by atoms with Crippen LogP contribution in [0.2, 0.25) is 0 Å². The largest absolute Gasteiger partial charge is 0.497 e. The van der Waals surface area contributed by atoms with E-state index in [1.807, 2.05) is 18.2 Å². The summed E-state index contributed by atoms with van der Waals surface area (Å²) in [6.45, 7) is 2.15. The molecule has 3 nitrogen and oxygen atoms in total. The first-order chi connectivity index (χ1) is 8.19. The van der Waals surface area contributed by atoms with Crippen LogP contribution in [0, 0.1) is 0 Å². The summed E-state index contributed by atoms with van der Waals surface area (Å²) >= 11 is 0. The maximum absolute atomic E-state index is 11.8. The molecule has 0 spiro atoms. The summed E-state index contributed by atoms with van der Waals surface area (Å²) in [6.07, 6.45) is 0.979. The zero-order valence-electron chi connectivity index (χ0n) is 10.3. The van der Waals surface area contributed by atoms with E-state index in [2.05, 4.69) is 18.3 Å². The second-order valence-electron chi connectivity index (χ2n) is 4.50. The average Bonchev–Trinajstić information content (AvgIpc) is 2.51. The highest BCUT2D eigenvalue weighted by atomic mass is 32.2. The normalized spacial score (nSPS) is 29.6. The molecule has 0 amide bonds. The average molecular weight is 253 g/mol. The minimum atomic E-state index is -0.721. The van der Waals surface area contributed by atoms with Crippen molar-refractivity contribution in [1.29, 1.82) is 0 Å². The molecule has 3 atom stereocenters. The predicted octanol–water partition coefficient (Wildman–Crippen LogP) is 1.87. The van der Waals surface area contributed by atoms with Gasteiger partial charge in [0.25, 0.3) is 0 Å². The Morgan fingerprint density at radius 2 is 2.29 bits per heavy atom. The van der Waals surface area contributed by atoms with Crippen LogP contribution in [-0.2, 0) is 10.8 Å². The standard InChI is InChI=1S/C13H19NO2S/c1-10-6-7-17(15)9-13(14-10)11-4-3-5-12(8-11)16-2/h3-5,8,10,13-14H,6-7,9H2,1-2H3. The Labute approximate surface area is 105 Å². The molecular weight excluding hydrogens is 234 g/mol. The van der Waals surface area contributed by atoms with Crippen LogP contribution in [0.4, 0.5) is 0 Å². The van der Waals surface area contributed by atoms with Crippen molar-refractivity contribution in [3.63, 3.8) is 0 Å². The van der Waals surface area contributed by atoms with Crippen molar-refractivity contribution >= 4 is 10.8 Å². The van der Waals surface area contributed by atoms with Gasteiger partial charge in [0.05, 0.1) is 7.11 Å². The Hall–Kier alpha value is -0.870. The van der Waals surface area contributed by atoms with Gasteiger partial charge in [-0.05, 0) is 31.0 Å². The molecule has 1 heterocycles. The molecule has 0 bridgehead atoms. The first kappa shape index (κ1) is 12.6. The van der Waals surface area contributed by atoms with Crippen LogP contribution < -0.4 is 10.1 Å². The molecule has 1 N–H and O–H groups in total. The number of hydrogen-bond donors (Lipinski definition) is 1. The Morgan fingerprint density at radius 3 is 3.06 bits per heavy atom. The lowest BCUT2D eigenvalue weighted by atomic mass is 10.1. The Balaban J connectivity index is 2.21. The molecule has 1 aliphatic rings. The van der Waals surface area contributed by atoms with Crippen molar-refractivity contribution in [2.45, 2.75) is 25.4 Å². The molecule has 0 aliphatic carbocycles. The first-order valence-electron chi connectivity index (χ1n) is 5.94. The number of hydrogen-bond acceptors (Lipinski definition) is 3. The highest BCUT2D eigenvalue weighted by Crippen LogP contribution is 2.22. The van der Waals surface area contributed by atoms with Gasteiger partial charge in [-0.15, -0.1) is 0 Å². The van der Waals surface area contributed by atoms with Crippen LogP contribution in [0.3, 0.4) is 0 Å². The molecule has 1 fully saturated rings. The van der Waals surface area contributed by atoms with E-state index in [1.54, 1.807) is 7.11 Å². The monoisotopic (exact) mass is 253 g/mol. The molecule has 3 unspecified atom stereocenters. The fourth-order valence-electron chi connectivity index (χ4n) is 2.10. The molecule has 0 saturated carbocycles. The van der Waals surface area contributed by atoms with Crippen LogP contribution in [0.1, 0.15) is 24.9 Å². The van der Waals surface area contributed by atoms with Crippen molar-refractivity contribution in [3.8, 4) is 5.75 Å². The molecule has 4 heteroatoms. The van der Waals surface area contributed by atoms with Crippen molar-refractivity contribution < 1.29 is 8.95 Å². The summed E-state index contributed by atoms with van der Waals surface area (Å²) in [4.78, 5) is 0. The third kappa shape index (κ3) is 3.30. The number of nitrogens with one attached hydrogen (secondary N) is 1. The van der Waals surface area contributed by atoms with E-state index < -0.39 is 10.8 Å². The number of benzene rings is 1. The summed E-state index contributed by atoms with van der Waals surface area (Å²) in [5, 5.41) is 3.53. The van der Waals surface area contributed by atoms with Crippen LogP contribution in [0.25, 0.3) is 0 Å². The highest BCUT2D eigenvalue weighted by molar-refractivity contribution is 7.85. The van der Waals surface area contributed by atoms with Gasteiger partial charge in [-0.3, -0.25) is 4.21 Å². The van der Waals surface area contributed by atoms with E-state index >= 15 is 0 Å². The van der Waals surface area contributed by atoms with E-state index in [-0.39, 0.29) is 6.04 Å². The third-order valence-electron chi connectivity index (χ3n) is 3.11. The number of ether oxygens (including phenoxy) is 1. The number of rotatable bonds is 2. The first-order valence-corrected chi connectivity index (χ1v) is 7.43. The van der Waals surface area contributed by atoms with Gasteiger partial charge in [0.15, 0.2) is 0 Å². The lowest BCUT2D eigenvalue weighted by Gasteiger charge is -2.19. The highest BCUT2D eigenvalue weighted by Gasteiger charge is 2.21. The van der Waals surface area contributed by atoms with Gasteiger partial charge in [-0.1, -0.05) is 12.1 Å². The van der Waals surface area contributed by atoms with Crippen molar-refractivity contribution in [3.05, 3.63) is 29.8 Å². The lowest BCUT2D eigenvalue weighted by Crippen LogP contribution is -2.30. The summed E-state index contributed by atoms with van der Waals surface area (Å²) in [5.74, 6) is 2.35. The van der Waals surface area contributed by atoms with Gasteiger partial charge in [0.2, 0.25) is 0 Å². The van der Waals surface area contributed by atoms with Gasteiger partial charge in [0.1, 0.15) is 5.75 Å². The van der Waals surface area contributed by atoms with Gasteiger partial charge in [-0.25, -0.2) is 0 Å². The Morgan fingerprint density at radius 1 is 1.47 bits per heavy atom. The summed E-state index contributed by atoms with van der Waals surface area (Å²) in [6, 6.07) is 8.58. The quantitative estimate of drug-likeness (QED) is 0.874. The molecule has 17 heavy (non-hydrogen) atoms. The van der Waals surface area contributed by atoms with Crippen LogP contribution in [0.15, 0.2) is 24.3 Å². The predicted molar refractivity (Wildman–Crippen MR) is 70.8 cm³/mol. The van der Waals surface area contributed by atoms with Gasteiger partial charge in [-0.2, -0.15) is 0 Å². The van der Waals surface area contributed by atoms with E-state index in [0.717, 1.165) is 23.5 Å². The lowest BCUT2D eigenvalue weighted by molar-refractivity contribution is 0.412. The molecule has 2 rings (SSSR count). The molecule has 1 saturated heterocycles. The summed E-state index contributed by atoms with van der Waals surface area (Å²) < 4.78 is 17.0. The van der Waals surface area contributed by atoms with Crippen molar-refractivity contribution in [2.24, 2.45) is 0 Å². The van der Waals surface area contributed by atoms with Gasteiger partial charge >= 0.3 is 0 Å². The molecule has 1 aromatic carbocycles. The molecule has 1 aromatic rings. The SMILES string of the molecule is COc1cccc(C2CS(=O)CCC(C)N2)c1. The Kier molecular flexibility index (Phi) is 4.18. The molecule has 1 aliphatic heterocycles. The zero-order valence-corrected chi connectivity index (χ0v) is 11.1. The van der Waals surface area contributed by atoms with Crippen LogP contribution in [-0.4, -0.2) is 28.9 Å². The zero-order chi connectivity index (χ0) is 12.3. The molecule has 0 radical (unpaired) electrons.